The molecule has 9 nitrogen and oxygen atoms in total. The van der Waals surface area contributed by atoms with Crippen LogP contribution in [0.15, 0.2) is 71.6 Å². The van der Waals surface area contributed by atoms with Gasteiger partial charge in [-0.05, 0) is 56.5 Å². The third kappa shape index (κ3) is 7.82. The standard InChI is InChI=1S/C32H41N3O6S/c1-7-19-33-32(37)28(8-2)34(21-25-13-9-23(3)10-14-25)31(36)22-35(26-15-11-24(4)12-16-26)42(38,39)27-17-18-29(40-5)30(20-27)41-6/h9-18,20,28H,7-8,19,21-22H2,1-6H3,(H,33,37)/t28-/m1/s1. The lowest BCUT2D eigenvalue weighted by Crippen LogP contribution is -2.52. The highest BCUT2D eigenvalue weighted by Crippen LogP contribution is 2.32. The number of sulfonamides is 1. The van der Waals surface area contributed by atoms with Crippen molar-refractivity contribution in [2.24, 2.45) is 0 Å². The molecular weight excluding hydrogens is 554 g/mol. The van der Waals surface area contributed by atoms with E-state index in [0.717, 1.165) is 27.4 Å². The number of hydrogen-bond acceptors (Lipinski definition) is 6. The number of anilines is 1. The largest absolute Gasteiger partial charge is 0.493 e. The van der Waals surface area contributed by atoms with E-state index >= 15 is 0 Å². The maximum Gasteiger partial charge on any atom is 0.264 e. The van der Waals surface area contributed by atoms with Gasteiger partial charge in [-0.1, -0.05) is 61.4 Å². The average molecular weight is 596 g/mol. The van der Waals surface area contributed by atoms with Crippen LogP contribution in [0.4, 0.5) is 5.69 Å². The SMILES string of the molecule is CCCNC(=O)[C@@H](CC)N(Cc1ccc(C)cc1)C(=O)CN(c1ccc(C)cc1)S(=O)(=O)c1ccc(OC)c(OC)c1. The van der Waals surface area contributed by atoms with Gasteiger partial charge in [-0.2, -0.15) is 0 Å². The third-order valence-electron chi connectivity index (χ3n) is 6.95. The lowest BCUT2D eigenvalue weighted by molar-refractivity contribution is -0.140. The number of hydrogen-bond donors (Lipinski definition) is 1. The number of nitrogens with zero attached hydrogens (tertiary/aromatic N) is 2. The molecule has 1 N–H and O–H groups in total. The smallest absolute Gasteiger partial charge is 0.264 e. The second kappa shape index (κ2) is 14.7. The van der Waals surface area contributed by atoms with Gasteiger partial charge in [-0.3, -0.25) is 13.9 Å². The summed E-state index contributed by atoms with van der Waals surface area (Å²) in [5.74, 6) is -0.154. The second-order valence-electron chi connectivity index (χ2n) is 10.1. The van der Waals surface area contributed by atoms with E-state index < -0.39 is 28.5 Å². The fourth-order valence-electron chi connectivity index (χ4n) is 4.52. The van der Waals surface area contributed by atoms with E-state index in [1.165, 1.54) is 37.3 Å². The summed E-state index contributed by atoms with van der Waals surface area (Å²) in [4.78, 5) is 28.8. The minimum atomic E-state index is -4.25. The van der Waals surface area contributed by atoms with Crippen molar-refractivity contribution >= 4 is 27.5 Å². The zero-order chi connectivity index (χ0) is 30.9. The van der Waals surface area contributed by atoms with Crippen molar-refractivity contribution in [3.05, 3.63) is 83.4 Å². The maximum atomic E-state index is 14.1. The highest BCUT2D eigenvalue weighted by molar-refractivity contribution is 7.92. The molecule has 2 amide bonds. The molecule has 3 aromatic carbocycles. The van der Waals surface area contributed by atoms with Gasteiger partial charge in [0.15, 0.2) is 11.5 Å². The van der Waals surface area contributed by atoms with Crippen LogP contribution in [0.25, 0.3) is 0 Å². The van der Waals surface area contributed by atoms with Gasteiger partial charge in [0.05, 0.1) is 24.8 Å². The molecule has 0 radical (unpaired) electrons. The van der Waals surface area contributed by atoms with E-state index in [-0.39, 0.29) is 23.1 Å². The number of ether oxygens (including phenoxy) is 2. The van der Waals surface area contributed by atoms with Crippen molar-refractivity contribution in [1.82, 2.24) is 10.2 Å². The Kier molecular flexibility index (Phi) is 11.4. The predicted molar refractivity (Wildman–Crippen MR) is 164 cm³/mol. The average Bonchev–Trinajstić information content (AvgIpc) is 2.99. The Labute approximate surface area is 249 Å². The molecule has 0 aliphatic heterocycles. The van der Waals surface area contributed by atoms with Gasteiger partial charge >= 0.3 is 0 Å². The number of carbonyl (C=O) groups is 2. The Bertz CT molecular complexity index is 1460. The molecule has 42 heavy (non-hydrogen) atoms. The van der Waals surface area contributed by atoms with Crippen LogP contribution >= 0.6 is 0 Å². The second-order valence-corrected chi connectivity index (χ2v) is 11.9. The van der Waals surface area contributed by atoms with Gasteiger partial charge in [0, 0.05) is 19.2 Å². The number of carbonyl (C=O) groups excluding carboxylic acids is 2. The zero-order valence-corrected chi connectivity index (χ0v) is 26.0. The Hall–Kier alpha value is -4.05. The van der Waals surface area contributed by atoms with E-state index in [1.807, 2.05) is 52.0 Å². The van der Waals surface area contributed by atoms with Crippen LogP contribution in [-0.2, 0) is 26.2 Å². The number of rotatable bonds is 14. The van der Waals surface area contributed by atoms with Crippen molar-refractivity contribution < 1.29 is 27.5 Å². The molecule has 0 aromatic heterocycles. The first-order valence-corrected chi connectivity index (χ1v) is 15.4. The Morgan fingerprint density at radius 2 is 1.45 bits per heavy atom. The summed E-state index contributed by atoms with van der Waals surface area (Å²) in [7, 11) is -1.36. The molecule has 10 heteroatoms. The third-order valence-corrected chi connectivity index (χ3v) is 8.72. The molecule has 0 saturated carbocycles. The molecule has 3 rings (SSSR count). The minimum absolute atomic E-state index is 0.0636. The quantitative estimate of drug-likeness (QED) is 0.286. The van der Waals surface area contributed by atoms with Crippen LogP contribution in [0.2, 0.25) is 0 Å². The predicted octanol–water partition coefficient (Wildman–Crippen LogP) is 4.85. The highest BCUT2D eigenvalue weighted by atomic mass is 32.2. The van der Waals surface area contributed by atoms with Crippen LogP contribution in [0.3, 0.4) is 0 Å². The number of amides is 2. The van der Waals surface area contributed by atoms with Crippen molar-refractivity contribution in [2.45, 2.75) is 58.0 Å². The fraction of sp³-hybridized carbons (Fsp3) is 0.375. The minimum Gasteiger partial charge on any atom is -0.493 e. The van der Waals surface area contributed by atoms with Gasteiger partial charge < -0.3 is 19.7 Å². The van der Waals surface area contributed by atoms with E-state index in [1.54, 1.807) is 24.3 Å². The first-order chi connectivity index (χ1) is 20.0. The van der Waals surface area contributed by atoms with Crippen molar-refractivity contribution in [3.63, 3.8) is 0 Å². The number of aryl methyl sites for hydroxylation is 2. The van der Waals surface area contributed by atoms with Crippen LogP contribution in [0.1, 0.15) is 43.4 Å². The molecule has 226 valence electrons. The topological polar surface area (TPSA) is 105 Å². The van der Waals surface area contributed by atoms with E-state index in [0.29, 0.717) is 24.4 Å². The van der Waals surface area contributed by atoms with Crippen molar-refractivity contribution in [1.29, 1.82) is 0 Å². The lowest BCUT2D eigenvalue weighted by atomic mass is 10.1. The Morgan fingerprint density at radius 3 is 2.00 bits per heavy atom. The summed E-state index contributed by atoms with van der Waals surface area (Å²) in [6.45, 7) is 7.77. The van der Waals surface area contributed by atoms with Gasteiger partial charge in [-0.25, -0.2) is 8.42 Å². The van der Waals surface area contributed by atoms with Gasteiger partial charge in [0.2, 0.25) is 11.8 Å². The van der Waals surface area contributed by atoms with Gasteiger partial charge in [0.1, 0.15) is 12.6 Å². The molecule has 0 fully saturated rings. The number of methoxy groups -OCH3 is 2. The molecule has 3 aromatic rings. The van der Waals surface area contributed by atoms with E-state index in [9.17, 15) is 18.0 Å². The Morgan fingerprint density at radius 1 is 0.857 bits per heavy atom. The van der Waals surface area contributed by atoms with Crippen LogP contribution in [0, 0.1) is 13.8 Å². The van der Waals surface area contributed by atoms with Crippen molar-refractivity contribution in [3.8, 4) is 11.5 Å². The fourth-order valence-corrected chi connectivity index (χ4v) is 5.95. The summed E-state index contributed by atoms with van der Waals surface area (Å²) in [5, 5.41) is 2.89. The molecule has 0 bridgehead atoms. The van der Waals surface area contributed by atoms with Gasteiger partial charge in [-0.15, -0.1) is 0 Å². The summed E-state index contributed by atoms with van der Waals surface area (Å²) in [5.41, 5.74) is 3.16. The molecule has 1 atom stereocenters. The van der Waals surface area contributed by atoms with Crippen LogP contribution in [-0.4, -0.2) is 58.5 Å². The van der Waals surface area contributed by atoms with Crippen LogP contribution in [0.5, 0.6) is 11.5 Å². The summed E-state index contributed by atoms with van der Waals surface area (Å²) in [6, 6.07) is 18.1. The molecule has 0 spiro atoms. The first-order valence-electron chi connectivity index (χ1n) is 14.0. The molecule has 0 aliphatic carbocycles. The number of benzene rings is 3. The molecule has 0 aliphatic rings. The molecule has 0 saturated heterocycles. The van der Waals surface area contributed by atoms with Gasteiger partial charge in [0.25, 0.3) is 10.0 Å². The van der Waals surface area contributed by atoms with Crippen LogP contribution < -0.4 is 19.1 Å². The first kappa shape index (κ1) is 32.5. The summed E-state index contributed by atoms with van der Waals surface area (Å²) >= 11 is 0. The van der Waals surface area contributed by atoms with E-state index in [2.05, 4.69) is 5.32 Å². The summed E-state index contributed by atoms with van der Waals surface area (Å²) < 4.78 is 40.0. The monoisotopic (exact) mass is 595 g/mol. The zero-order valence-electron chi connectivity index (χ0n) is 25.2. The normalized spacial score (nSPS) is 11.9. The molecule has 0 heterocycles. The summed E-state index contributed by atoms with van der Waals surface area (Å²) in [6.07, 6.45) is 1.11. The number of nitrogens with one attached hydrogen (secondary N) is 1. The van der Waals surface area contributed by atoms with E-state index in [4.69, 9.17) is 9.47 Å². The van der Waals surface area contributed by atoms with Crippen molar-refractivity contribution in [2.75, 3.05) is 31.6 Å². The maximum absolute atomic E-state index is 14.1. The Balaban J connectivity index is 2.08. The molecule has 0 unspecified atom stereocenters. The highest BCUT2D eigenvalue weighted by Gasteiger charge is 2.34. The lowest BCUT2D eigenvalue weighted by Gasteiger charge is -2.33. The molecular formula is C32H41N3O6S.